The third kappa shape index (κ3) is 4.67. The number of hydrogen-bond donors (Lipinski definition) is 1. The van der Waals surface area contributed by atoms with Crippen molar-refractivity contribution in [3.63, 3.8) is 0 Å². The van der Waals surface area contributed by atoms with Crippen molar-refractivity contribution in [3.8, 4) is 11.5 Å². The number of carbonyl (C=O) groups is 2. The van der Waals surface area contributed by atoms with E-state index in [-0.39, 0.29) is 11.8 Å². The smallest absolute Gasteiger partial charge is 0.333 e. The Bertz CT molecular complexity index is 993. The van der Waals surface area contributed by atoms with Crippen LogP contribution in [-0.4, -0.2) is 25.2 Å². The van der Waals surface area contributed by atoms with E-state index in [2.05, 4.69) is 27.9 Å². The van der Waals surface area contributed by atoms with Gasteiger partial charge in [0.15, 0.2) is 11.5 Å². The fraction of sp³-hybridized carbons (Fsp3) is 0.238. The van der Waals surface area contributed by atoms with Crippen molar-refractivity contribution in [1.82, 2.24) is 5.32 Å². The normalized spacial score (nSPS) is 16.2. The Morgan fingerprint density at radius 3 is 2.69 bits per heavy atom. The first-order chi connectivity index (χ1) is 13.8. The molecule has 29 heavy (non-hydrogen) atoms. The Morgan fingerprint density at radius 2 is 2.03 bits per heavy atom. The van der Waals surface area contributed by atoms with Gasteiger partial charge in [0, 0.05) is 5.02 Å². The van der Waals surface area contributed by atoms with Crippen LogP contribution in [0.2, 0.25) is 5.02 Å². The Hall–Kier alpha value is -2.26. The zero-order valence-electron chi connectivity index (χ0n) is 16.2. The number of halogens is 2. The molecule has 3 rings (SSSR count). The van der Waals surface area contributed by atoms with Gasteiger partial charge in [-0.05, 0) is 77.9 Å². The van der Waals surface area contributed by atoms with Crippen LogP contribution in [0.5, 0.6) is 11.5 Å². The molecule has 1 saturated heterocycles. The van der Waals surface area contributed by atoms with E-state index in [1.54, 1.807) is 43.5 Å². The Kier molecular flexibility index (Phi) is 6.69. The van der Waals surface area contributed by atoms with Gasteiger partial charge in [-0.3, -0.25) is 4.79 Å². The number of carbonyl (C=O) groups excluding carboxylic acids is 2. The summed E-state index contributed by atoms with van der Waals surface area (Å²) in [6.45, 7) is 4.03. The first-order valence-electron chi connectivity index (χ1n) is 9.01. The Morgan fingerprint density at radius 1 is 1.28 bits per heavy atom. The molecule has 0 spiro atoms. The van der Waals surface area contributed by atoms with E-state index in [9.17, 15) is 9.59 Å². The van der Waals surface area contributed by atoms with Crippen molar-refractivity contribution < 1.29 is 19.1 Å². The van der Waals surface area contributed by atoms with Crippen LogP contribution in [0.4, 0.5) is 10.5 Å². The maximum atomic E-state index is 12.8. The number of urea groups is 1. The number of ether oxygens (including phenoxy) is 2. The molecular formula is C21H20ClIN2O4. The van der Waals surface area contributed by atoms with Crippen LogP contribution in [0.25, 0.3) is 6.08 Å². The molecule has 1 aliphatic heterocycles. The van der Waals surface area contributed by atoms with E-state index in [4.69, 9.17) is 21.1 Å². The summed E-state index contributed by atoms with van der Waals surface area (Å²) < 4.78 is 12.3. The average molecular weight is 527 g/mol. The molecule has 152 valence electrons. The molecule has 8 heteroatoms. The molecule has 3 amide bonds. The monoisotopic (exact) mass is 526 g/mol. The quantitative estimate of drug-likeness (QED) is 0.318. The average Bonchev–Trinajstić information content (AvgIpc) is 2.96. The summed E-state index contributed by atoms with van der Waals surface area (Å²) in [6.07, 6.45) is 2.52. The largest absolute Gasteiger partial charge is 0.493 e. The molecule has 1 aliphatic rings. The fourth-order valence-corrected chi connectivity index (χ4v) is 3.71. The number of rotatable bonds is 6. The number of imide groups is 1. The lowest BCUT2D eigenvalue weighted by Crippen LogP contribution is -2.30. The van der Waals surface area contributed by atoms with Crippen LogP contribution in [0.1, 0.15) is 25.8 Å². The predicted molar refractivity (Wildman–Crippen MR) is 122 cm³/mol. The van der Waals surface area contributed by atoms with E-state index >= 15 is 0 Å². The van der Waals surface area contributed by atoms with Crippen LogP contribution in [-0.2, 0) is 4.79 Å². The summed E-state index contributed by atoms with van der Waals surface area (Å²) in [5.74, 6) is 0.769. The molecule has 1 heterocycles. The van der Waals surface area contributed by atoms with Crippen LogP contribution >= 0.6 is 34.2 Å². The van der Waals surface area contributed by atoms with Gasteiger partial charge in [-0.2, -0.15) is 0 Å². The molecule has 0 saturated carbocycles. The summed E-state index contributed by atoms with van der Waals surface area (Å²) in [5.41, 5.74) is 1.29. The summed E-state index contributed by atoms with van der Waals surface area (Å²) in [6, 6.07) is 9.69. The molecule has 2 aromatic carbocycles. The van der Waals surface area contributed by atoms with E-state index in [1.165, 1.54) is 0 Å². The van der Waals surface area contributed by atoms with Gasteiger partial charge in [0.05, 0.1) is 22.5 Å². The second kappa shape index (κ2) is 9.04. The molecule has 0 bridgehead atoms. The van der Waals surface area contributed by atoms with Gasteiger partial charge in [-0.1, -0.05) is 24.6 Å². The number of hydrogen-bond acceptors (Lipinski definition) is 4. The third-order valence-electron chi connectivity index (χ3n) is 4.40. The first kappa shape index (κ1) is 21.4. The third-order valence-corrected chi connectivity index (χ3v) is 5.44. The van der Waals surface area contributed by atoms with Crippen LogP contribution in [0.3, 0.4) is 0 Å². The highest BCUT2D eigenvalue weighted by atomic mass is 127. The lowest BCUT2D eigenvalue weighted by atomic mass is 10.1. The minimum absolute atomic E-state index is 0.0450. The number of benzene rings is 2. The highest BCUT2D eigenvalue weighted by Gasteiger charge is 2.35. The maximum absolute atomic E-state index is 12.8. The van der Waals surface area contributed by atoms with Gasteiger partial charge in [-0.25, -0.2) is 9.69 Å². The highest BCUT2D eigenvalue weighted by Crippen LogP contribution is 2.36. The standard InChI is InChI=1S/C21H20ClIN2O4/c1-4-12(2)29-19-16(23)8-13(10-18(19)28-3)9-17-20(26)25(21(27)24-17)15-7-5-6-14(22)11-15/h5-12H,4H2,1-3H3,(H,24,27)/b17-9-/t12-/m1/s1. The van der Waals surface area contributed by atoms with Crippen molar-refractivity contribution >= 4 is 57.9 Å². The summed E-state index contributed by atoms with van der Waals surface area (Å²) in [5, 5.41) is 3.06. The van der Waals surface area contributed by atoms with Gasteiger partial charge in [0.2, 0.25) is 0 Å². The van der Waals surface area contributed by atoms with E-state index in [0.717, 1.165) is 14.9 Å². The minimum Gasteiger partial charge on any atom is -0.493 e. The van der Waals surface area contributed by atoms with Gasteiger partial charge >= 0.3 is 6.03 Å². The van der Waals surface area contributed by atoms with Crippen molar-refractivity contribution in [2.24, 2.45) is 0 Å². The lowest BCUT2D eigenvalue weighted by molar-refractivity contribution is -0.113. The number of nitrogens with zero attached hydrogens (tertiary/aromatic N) is 1. The molecule has 6 nitrogen and oxygen atoms in total. The summed E-state index contributed by atoms with van der Waals surface area (Å²) in [7, 11) is 1.56. The maximum Gasteiger partial charge on any atom is 0.333 e. The van der Waals surface area contributed by atoms with E-state index in [1.807, 2.05) is 19.9 Å². The summed E-state index contributed by atoms with van der Waals surface area (Å²) in [4.78, 5) is 26.2. The highest BCUT2D eigenvalue weighted by molar-refractivity contribution is 14.1. The second-order valence-corrected chi connectivity index (χ2v) is 8.08. The van der Waals surface area contributed by atoms with Crippen molar-refractivity contribution in [3.05, 3.63) is 56.3 Å². The molecule has 0 radical (unpaired) electrons. The van der Waals surface area contributed by atoms with Crippen molar-refractivity contribution in [1.29, 1.82) is 0 Å². The molecule has 0 aliphatic carbocycles. The SMILES string of the molecule is CC[C@@H](C)Oc1c(I)cc(/C=C2\NC(=O)N(c3cccc(Cl)c3)C2=O)cc1OC. The molecule has 1 atom stereocenters. The van der Waals surface area contributed by atoms with Gasteiger partial charge in [-0.15, -0.1) is 0 Å². The summed E-state index contributed by atoms with van der Waals surface area (Å²) >= 11 is 8.15. The van der Waals surface area contributed by atoms with Crippen molar-refractivity contribution in [2.45, 2.75) is 26.4 Å². The Balaban J connectivity index is 1.93. The molecule has 0 aromatic heterocycles. The van der Waals surface area contributed by atoms with Crippen molar-refractivity contribution in [2.75, 3.05) is 12.0 Å². The van der Waals surface area contributed by atoms with Gasteiger partial charge in [0.1, 0.15) is 5.70 Å². The predicted octanol–water partition coefficient (Wildman–Crippen LogP) is 5.23. The number of amides is 3. The molecule has 1 fully saturated rings. The Labute approximate surface area is 188 Å². The zero-order valence-corrected chi connectivity index (χ0v) is 19.1. The zero-order chi connectivity index (χ0) is 21.1. The van der Waals surface area contributed by atoms with Gasteiger partial charge < -0.3 is 14.8 Å². The fourth-order valence-electron chi connectivity index (χ4n) is 2.77. The first-order valence-corrected chi connectivity index (χ1v) is 10.5. The van der Waals surface area contributed by atoms with E-state index < -0.39 is 11.9 Å². The van der Waals surface area contributed by atoms with Crippen LogP contribution in [0.15, 0.2) is 42.1 Å². The second-order valence-electron chi connectivity index (χ2n) is 6.48. The molecule has 2 aromatic rings. The molecule has 1 N–H and O–H groups in total. The topological polar surface area (TPSA) is 67.9 Å². The van der Waals surface area contributed by atoms with Gasteiger partial charge in [0.25, 0.3) is 5.91 Å². The molecular weight excluding hydrogens is 507 g/mol. The number of nitrogens with one attached hydrogen (secondary N) is 1. The van der Waals surface area contributed by atoms with Crippen LogP contribution in [0, 0.1) is 3.57 Å². The number of anilines is 1. The minimum atomic E-state index is -0.526. The number of methoxy groups -OCH3 is 1. The van der Waals surface area contributed by atoms with E-state index in [0.29, 0.717) is 27.8 Å². The molecule has 0 unspecified atom stereocenters. The van der Waals surface area contributed by atoms with Crippen LogP contribution < -0.4 is 19.7 Å². The lowest BCUT2D eigenvalue weighted by Gasteiger charge is -2.17.